The van der Waals surface area contributed by atoms with E-state index in [-0.39, 0.29) is 17.7 Å². The van der Waals surface area contributed by atoms with Gasteiger partial charge in [-0.3, -0.25) is 4.79 Å². The topological polar surface area (TPSA) is 37.3 Å². The Labute approximate surface area is 107 Å². The van der Waals surface area contributed by atoms with Crippen molar-refractivity contribution in [3.05, 3.63) is 35.6 Å². The highest BCUT2D eigenvalue weighted by Gasteiger charge is 2.33. The van der Waals surface area contributed by atoms with Crippen molar-refractivity contribution in [2.75, 3.05) is 0 Å². The molecular formula is C15H19FO2. The normalized spacial score (nSPS) is 28.0. The van der Waals surface area contributed by atoms with E-state index in [1.54, 1.807) is 12.1 Å². The van der Waals surface area contributed by atoms with Crippen LogP contribution in [0.3, 0.4) is 0 Å². The Bertz CT molecular complexity index is 413. The van der Waals surface area contributed by atoms with Gasteiger partial charge < -0.3 is 5.11 Å². The average molecular weight is 250 g/mol. The van der Waals surface area contributed by atoms with E-state index in [0.29, 0.717) is 5.92 Å². The van der Waals surface area contributed by atoms with Gasteiger partial charge in [0.05, 0.1) is 5.92 Å². The first-order chi connectivity index (χ1) is 8.56. The monoisotopic (exact) mass is 250 g/mol. The first-order valence-corrected chi connectivity index (χ1v) is 6.53. The molecule has 0 radical (unpaired) electrons. The summed E-state index contributed by atoms with van der Waals surface area (Å²) in [5, 5.41) is 9.26. The number of rotatable bonds is 3. The molecule has 1 aliphatic rings. The first kappa shape index (κ1) is 13.1. The van der Waals surface area contributed by atoms with Gasteiger partial charge in [-0.15, -0.1) is 0 Å². The van der Waals surface area contributed by atoms with Gasteiger partial charge in [-0.05, 0) is 55.2 Å². The van der Waals surface area contributed by atoms with Crippen molar-refractivity contribution in [2.45, 2.75) is 32.6 Å². The maximum Gasteiger partial charge on any atom is 0.306 e. The lowest BCUT2D eigenvalue weighted by molar-refractivity contribution is -0.145. The molecule has 1 N–H and O–H groups in total. The van der Waals surface area contributed by atoms with E-state index in [0.717, 1.165) is 31.2 Å². The molecule has 0 saturated heterocycles. The summed E-state index contributed by atoms with van der Waals surface area (Å²) in [4.78, 5) is 11.3. The van der Waals surface area contributed by atoms with Crippen LogP contribution < -0.4 is 0 Å². The summed E-state index contributed by atoms with van der Waals surface area (Å²) < 4.78 is 12.8. The SMILES string of the molecule is CC1CCC(C(=O)O)C(Cc2ccc(F)cc2)C1. The molecule has 3 heteroatoms. The molecule has 18 heavy (non-hydrogen) atoms. The molecule has 1 aliphatic carbocycles. The van der Waals surface area contributed by atoms with Crippen molar-refractivity contribution in [1.29, 1.82) is 0 Å². The van der Waals surface area contributed by atoms with Gasteiger partial charge in [0, 0.05) is 0 Å². The highest BCUT2D eigenvalue weighted by Crippen LogP contribution is 2.36. The number of halogens is 1. The summed E-state index contributed by atoms with van der Waals surface area (Å²) in [5.74, 6) is -0.409. The second-order valence-electron chi connectivity index (χ2n) is 5.45. The Morgan fingerprint density at radius 2 is 2.00 bits per heavy atom. The Morgan fingerprint density at radius 3 is 2.61 bits per heavy atom. The lowest BCUT2D eigenvalue weighted by Crippen LogP contribution is -2.31. The van der Waals surface area contributed by atoms with Gasteiger partial charge in [-0.2, -0.15) is 0 Å². The molecule has 0 spiro atoms. The van der Waals surface area contributed by atoms with Crippen molar-refractivity contribution in [3.8, 4) is 0 Å². The van der Waals surface area contributed by atoms with Crippen LogP contribution >= 0.6 is 0 Å². The van der Waals surface area contributed by atoms with Crippen LogP contribution in [0, 0.1) is 23.6 Å². The molecule has 0 amide bonds. The van der Waals surface area contributed by atoms with E-state index in [9.17, 15) is 14.3 Å². The fraction of sp³-hybridized carbons (Fsp3) is 0.533. The van der Waals surface area contributed by atoms with E-state index in [4.69, 9.17) is 0 Å². The predicted octanol–water partition coefficient (Wildman–Crippen LogP) is 3.51. The molecule has 1 aromatic carbocycles. The zero-order valence-electron chi connectivity index (χ0n) is 10.6. The summed E-state index contributed by atoms with van der Waals surface area (Å²) >= 11 is 0. The highest BCUT2D eigenvalue weighted by molar-refractivity contribution is 5.70. The van der Waals surface area contributed by atoms with Gasteiger partial charge in [0.2, 0.25) is 0 Å². The molecule has 1 aromatic rings. The predicted molar refractivity (Wildman–Crippen MR) is 67.7 cm³/mol. The number of hydrogen-bond acceptors (Lipinski definition) is 1. The van der Waals surface area contributed by atoms with Gasteiger partial charge >= 0.3 is 5.97 Å². The molecule has 0 aromatic heterocycles. The minimum Gasteiger partial charge on any atom is -0.481 e. The van der Waals surface area contributed by atoms with Crippen LogP contribution in [0.15, 0.2) is 24.3 Å². The third kappa shape index (κ3) is 3.09. The average Bonchev–Trinajstić information content (AvgIpc) is 2.32. The van der Waals surface area contributed by atoms with Crippen LogP contribution in [0.5, 0.6) is 0 Å². The first-order valence-electron chi connectivity index (χ1n) is 6.53. The van der Waals surface area contributed by atoms with Gasteiger partial charge in [-0.25, -0.2) is 4.39 Å². The molecule has 0 bridgehead atoms. The molecule has 2 nitrogen and oxygen atoms in total. The Balaban J connectivity index is 2.08. The zero-order chi connectivity index (χ0) is 13.1. The number of carboxylic acids is 1. The standard InChI is InChI=1S/C15H19FO2/c1-10-2-7-14(15(17)18)12(8-10)9-11-3-5-13(16)6-4-11/h3-6,10,12,14H,2,7-9H2,1H3,(H,17,18). The third-order valence-corrected chi connectivity index (χ3v) is 3.97. The summed E-state index contributed by atoms with van der Waals surface area (Å²) in [6.07, 6.45) is 3.45. The minimum atomic E-state index is -0.686. The Kier molecular flexibility index (Phi) is 4.00. The van der Waals surface area contributed by atoms with Crippen LogP contribution in [0.2, 0.25) is 0 Å². The third-order valence-electron chi connectivity index (χ3n) is 3.97. The second kappa shape index (κ2) is 5.51. The summed E-state index contributed by atoms with van der Waals surface area (Å²) in [6, 6.07) is 6.40. The van der Waals surface area contributed by atoms with E-state index in [1.807, 2.05) is 0 Å². The van der Waals surface area contributed by atoms with E-state index >= 15 is 0 Å². The number of hydrogen-bond donors (Lipinski definition) is 1. The maximum absolute atomic E-state index is 12.8. The molecule has 2 rings (SSSR count). The molecule has 0 heterocycles. The van der Waals surface area contributed by atoms with Gasteiger partial charge in [-0.1, -0.05) is 19.1 Å². The number of carbonyl (C=O) groups is 1. The van der Waals surface area contributed by atoms with Crippen LogP contribution in [0.4, 0.5) is 4.39 Å². The zero-order valence-corrected chi connectivity index (χ0v) is 10.6. The summed E-state index contributed by atoms with van der Waals surface area (Å²) in [5.41, 5.74) is 1.03. The van der Waals surface area contributed by atoms with Crippen molar-refractivity contribution in [1.82, 2.24) is 0 Å². The number of carboxylic acid groups (broad SMARTS) is 1. The summed E-state index contributed by atoms with van der Waals surface area (Å²) in [6.45, 7) is 2.18. The lowest BCUT2D eigenvalue weighted by atomic mass is 9.72. The Hall–Kier alpha value is -1.38. The molecule has 98 valence electrons. The van der Waals surface area contributed by atoms with E-state index in [2.05, 4.69) is 6.92 Å². The lowest BCUT2D eigenvalue weighted by Gasteiger charge is -2.32. The fourth-order valence-electron chi connectivity index (χ4n) is 2.97. The Morgan fingerprint density at radius 1 is 1.33 bits per heavy atom. The van der Waals surface area contributed by atoms with Crippen molar-refractivity contribution < 1.29 is 14.3 Å². The maximum atomic E-state index is 12.8. The van der Waals surface area contributed by atoms with Gasteiger partial charge in [0.15, 0.2) is 0 Å². The smallest absolute Gasteiger partial charge is 0.306 e. The second-order valence-corrected chi connectivity index (χ2v) is 5.45. The van der Waals surface area contributed by atoms with Crippen molar-refractivity contribution >= 4 is 5.97 Å². The molecule has 3 atom stereocenters. The molecule has 0 aliphatic heterocycles. The fourth-order valence-corrected chi connectivity index (χ4v) is 2.97. The highest BCUT2D eigenvalue weighted by atomic mass is 19.1. The van der Waals surface area contributed by atoms with Gasteiger partial charge in [0.1, 0.15) is 5.82 Å². The van der Waals surface area contributed by atoms with E-state index in [1.165, 1.54) is 12.1 Å². The number of aliphatic carboxylic acids is 1. The van der Waals surface area contributed by atoms with Crippen molar-refractivity contribution in [3.63, 3.8) is 0 Å². The largest absolute Gasteiger partial charge is 0.481 e. The molecule has 1 saturated carbocycles. The van der Waals surface area contributed by atoms with Crippen molar-refractivity contribution in [2.24, 2.45) is 17.8 Å². The minimum absolute atomic E-state index is 0.178. The van der Waals surface area contributed by atoms with Crippen LogP contribution in [0.1, 0.15) is 31.7 Å². The molecule has 3 unspecified atom stereocenters. The van der Waals surface area contributed by atoms with Crippen LogP contribution in [-0.2, 0) is 11.2 Å². The molecular weight excluding hydrogens is 231 g/mol. The van der Waals surface area contributed by atoms with Crippen LogP contribution in [0.25, 0.3) is 0 Å². The quantitative estimate of drug-likeness (QED) is 0.891. The van der Waals surface area contributed by atoms with Gasteiger partial charge in [0.25, 0.3) is 0 Å². The summed E-state index contributed by atoms with van der Waals surface area (Å²) in [7, 11) is 0. The number of benzene rings is 1. The van der Waals surface area contributed by atoms with E-state index < -0.39 is 5.97 Å². The molecule has 1 fully saturated rings. The van der Waals surface area contributed by atoms with Crippen LogP contribution in [-0.4, -0.2) is 11.1 Å².